The van der Waals surface area contributed by atoms with Crippen molar-refractivity contribution < 1.29 is 23.4 Å². The van der Waals surface area contributed by atoms with Crippen molar-refractivity contribution in [3.63, 3.8) is 0 Å². The minimum absolute atomic E-state index is 0.168. The van der Waals surface area contributed by atoms with Crippen molar-refractivity contribution >= 4 is 28.1 Å². The molecule has 1 atom stereocenters. The third kappa shape index (κ3) is 7.18. The number of carbonyl (C=O) groups excluding carboxylic acids is 1. The number of hydrogen-bond donors (Lipinski definition) is 0. The van der Waals surface area contributed by atoms with E-state index in [4.69, 9.17) is 28.6 Å². The van der Waals surface area contributed by atoms with Crippen LogP contribution in [0.5, 0.6) is 5.88 Å². The number of pyridine rings is 1. The van der Waals surface area contributed by atoms with Crippen molar-refractivity contribution in [1.82, 2.24) is 24.4 Å². The van der Waals surface area contributed by atoms with Crippen LogP contribution in [-0.4, -0.2) is 61.8 Å². The van der Waals surface area contributed by atoms with Gasteiger partial charge in [0.2, 0.25) is 5.88 Å². The topological polar surface area (TPSA) is 105 Å². The van der Waals surface area contributed by atoms with Crippen molar-refractivity contribution in [2.75, 3.05) is 19.7 Å². The number of fused-ring (bicyclic) bond motifs is 2. The van der Waals surface area contributed by atoms with E-state index in [1.165, 1.54) is 0 Å². The van der Waals surface area contributed by atoms with Gasteiger partial charge in [-0.1, -0.05) is 19.1 Å². The summed E-state index contributed by atoms with van der Waals surface area (Å²) in [6, 6.07) is 17.7. The molecule has 3 aromatic heterocycles. The van der Waals surface area contributed by atoms with Gasteiger partial charge in [0.05, 0.1) is 35.8 Å². The molecule has 0 bridgehead atoms. The highest BCUT2D eigenvalue weighted by atomic mass is 16.6. The van der Waals surface area contributed by atoms with Crippen LogP contribution in [0.25, 0.3) is 22.1 Å². The lowest BCUT2D eigenvalue weighted by Crippen LogP contribution is -2.35. The maximum Gasteiger partial charge on any atom is 0.338 e. The number of hydrogen-bond acceptors (Lipinski definition) is 9. The number of piperidine rings is 1. The number of carbonyl (C=O) groups is 1. The molecule has 2 aromatic carbocycles. The normalized spacial score (nSPS) is 17.7. The van der Waals surface area contributed by atoms with Gasteiger partial charge >= 0.3 is 5.97 Å². The Morgan fingerprint density at radius 1 is 0.979 bits per heavy atom. The summed E-state index contributed by atoms with van der Waals surface area (Å²) < 4.78 is 25.6. The molecule has 10 nitrogen and oxygen atoms in total. The number of ether oxygens (including phenoxy) is 3. The van der Waals surface area contributed by atoms with Crippen LogP contribution in [0.2, 0.25) is 0 Å². The maximum absolute atomic E-state index is 12.8. The first-order chi connectivity index (χ1) is 22.7. The number of rotatable bonds is 10. The van der Waals surface area contributed by atoms with Gasteiger partial charge in [0.1, 0.15) is 23.5 Å². The predicted octanol–water partition coefficient (Wildman–Crippen LogP) is 6.84. The number of aromatic nitrogens is 4. The largest absolute Gasteiger partial charge is 0.473 e. The van der Waals surface area contributed by atoms with Crippen molar-refractivity contribution in [3.8, 4) is 5.88 Å². The molecule has 5 heterocycles. The van der Waals surface area contributed by atoms with Crippen molar-refractivity contribution in [2.24, 2.45) is 0 Å². The highest BCUT2D eigenvalue weighted by Crippen LogP contribution is 2.30. The number of oxazole rings is 1. The quantitative estimate of drug-likeness (QED) is 0.152. The van der Waals surface area contributed by atoms with E-state index < -0.39 is 5.60 Å². The highest BCUT2D eigenvalue weighted by molar-refractivity contribution is 5.94. The summed E-state index contributed by atoms with van der Waals surface area (Å²) in [7, 11) is 0. The Bertz CT molecular complexity index is 1880. The molecule has 1 unspecified atom stereocenters. The van der Waals surface area contributed by atoms with Gasteiger partial charge in [-0.15, -0.1) is 0 Å². The SMILES string of the molecule is CCc1nc2ccc(COc3cccc(C4CCN(Cc5nc6ccc(C(=O)OC(C)(C)C)cc6n5CC5CCO5)CC4)n3)cc2o1. The zero-order valence-corrected chi connectivity index (χ0v) is 27.7. The van der Waals surface area contributed by atoms with Crippen LogP contribution in [0.4, 0.5) is 0 Å². The molecule has 47 heavy (non-hydrogen) atoms. The molecule has 246 valence electrons. The summed E-state index contributed by atoms with van der Waals surface area (Å²) in [5.41, 5.74) is 5.56. The number of nitrogens with zero attached hydrogens (tertiary/aromatic N) is 5. The van der Waals surface area contributed by atoms with Gasteiger partial charge in [-0.05, 0) is 95.1 Å². The molecule has 10 heteroatoms. The molecule has 2 saturated heterocycles. The Kier molecular flexibility index (Phi) is 8.72. The predicted molar refractivity (Wildman–Crippen MR) is 178 cm³/mol. The van der Waals surface area contributed by atoms with E-state index in [0.717, 1.165) is 104 Å². The molecule has 0 aliphatic carbocycles. The Balaban J connectivity index is 0.998. The van der Waals surface area contributed by atoms with Crippen LogP contribution in [0.3, 0.4) is 0 Å². The average molecular weight is 638 g/mol. The average Bonchev–Trinajstić information content (AvgIpc) is 3.61. The molecule has 7 rings (SSSR count). The van der Waals surface area contributed by atoms with Crippen LogP contribution in [0, 0.1) is 0 Å². The van der Waals surface area contributed by atoms with Gasteiger partial charge in [-0.2, -0.15) is 0 Å². The Morgan fingerprint density at radius 2 is 1.79 bits per heavy atom. The number of imidazole rings is 1. The third-order valence-electron chi connectivity index (χ3n) is 8.94. The third-order valence-corrected chi connectivity index (χ3v) is 8.94. The molecule has 2 fully saturated rings. The summed E-state index contributed by atoms with van der Waals surface area (Å²) in [5.74, 6) is 2.42. The van der Waals surface area contributed by atoms with Gasteiger partial charge in [-0.3, -0.25) is 4.90 Å². The van der Waals surface area contributed by atoms with E-state index in [1.807, 2.05) is 76.2 Å². The molecule has 0 amide bonds. The fourth-order valence-electron chi connectivity index (χ4n) is 6.33. The van der Waals surface area contributed by atoms with E-state index in [1.54, 1.807) is 0 Å². The van der Waals surface area contributed by atoms with Gasteiger partial charge in [-0.25, -0.2) is 19.7 Å². The van der Waals surface area contributed by atoms with Crippen LogP contribution in [0.15, 0.2) is 59.0 Å². The lowest BCUT2D eigenvalue weighted by atomic mass is 9.93. The van der Waals surface area contributed by atoms with E-state index in [2.05, 4.69) is 20.5 Å². The van der Waals surface area contributed by atoms with Gasteiger partial charge in [0, 0.05) is 30.7 Å². The number of aryl methyl sites for hydroxylation is 1. The summed E-state index contributed by atoms with van der Waals surface area (Å²) in [4.78, 5) is 29.7. The fraction of sp³-hybridized carbons (Fsp3) is 0.459. The summed E-state index contributed by atoms with van der Waals surface area (Å²) >= 11 is 0. The molecule has 0 saturated carbocycles. The fourth-order valence-corrected chi connectivity index (χ4v) is 6.33. The second kappa shape index (κ2) is 13.1. The first-order valence-electron chi connectivity index (χ1n) is 16.8. The lowest BCUT2D eigenvalue weighted by molar-refractivity contribution is -0.0592. The molecule has 0 N–H and O–H groups in total. The summed E-state index contributed by atoms with van der Waals surface area (Å²) in [6.07, 6.45) is 3.98. The zero-order valence-electron chi connectivity index (χ0n) is 27.7. The summed E-state index contributed by atoms with van der Waals surface area (Å²) in [6.45, 7) is 12.2. The number of esters is 1. The van der Waals surface area contributed by atoms with E-state index in [0.29, 0.717) is 24.0 Å². The zero-order chi connectivity index (χ0) is 32.5. The first-order valence-corrected chi connectivity index (χ1v) is 16.8. The van der Waals surface area contributed by atoms with Crippen LogP contribution < -0.4 is 4.74 Å². The van der Waals surface area contributed by atoms with E-state index >= 15 is 0 Å². The van der Waals surface area contributed by atoms with E-state index in [9.17, 15) is 4.79 Å². The molecule has 5 aromatic rings. The minimum Gasteiger partial charge on any atom is -0.473 e. The van der Waals surface area contributed by atoms with Crippen molar-refractivity contribution in [3.05, 3.63) is 83.1 Å². The molecular formula is C37H43N5O5. The van der Waals surface area contributed by atoms with Gasteiger partial charge < -0.3 is 23.2 Å². The van der Waals surface area contributed by atoms with Gasteiger partial charge in [0.25, 0.3) is 0 Å². The van der Waals surface area contributed by atoms with E-state index in [-0.39, 0.29) is 12.1 Å². The highest BCUT2D eigenvalue weighted by Gasteiger charge is 2.27. The van der Waals surface area contributed by atoms with Crippen LogP contribution >= 0.6 is 0 Å². The van der Waals surface area contributed by atoms with Crippen LogP contribution in [0.1, 0.15) is 86.2 Å². The monoisotopic (exact) mass is 637 g/mol. The molecule has 0 spiro atoms. The Labute approximate surface area is 275 Å². The minimum atomic E-state index is -0.555. The molecule has 2 aliphatic rings. The standard InChI is InChI=1S/C37H43N5O5/c1-5-34-40-30-11-9-24(19-32(30)46-34)23-45-35-8-6-7-28(39-35)25-13-16-41(17-14-25)22-33-38-29-12-10-26(36(43)47-37(2,3)4)20-31(29)42(33)21-27-15-18-44-27/h6-12,19-20,25,27H,5,13-18,21-23H2,1-4H3. The second-order valence-electron chi connectivity index (χ2n) is 13.6. The van der Waals surface area contributed by atoms with Crippen LogP contribution in [-0.2, 0) is 35.6 Å². The Morgan fingerprint density at radius 3 is 2.53 bits per heavy atom. The molecule has 2 aliphatic heterocycles. The van der Waals surface area contributed by atoms with Crippen molar-refractivity contribution in [2.45, 2.75) is 90.7 Å². The van der Waals surface area contributed by atoms with Gasteiger partial charge in [0.15, 0.2) is 11.5 Å². The Hall–Kier alpha value is -4.28. The maximum atomic E-state index is 12.8. The number of likely N-dealkylation sites (tertiary alicyclic amines) is 1. The second-order valence-corrected chi connectivity index (χ2v) is 13.6. The summed E-state index contributed by atoms with van der Waals surface area (Å²) in [5, 5.41) is 0. The number of benzene rings is 2. The molecule has 0 radical (unpaired) electrons. The molecular weight excluding hydrogens is 594 g/mol. The first kappa shape index (κ1) is 31.3. The smallest absolute Gasteiger partial charge is 0.338 e. The van der Waals surface area contributed by atoms with Crippen molar-refractivity contribution in [1.29, 1.82) is 0 Å². The lowest BCUT2D eigenvalue weighted by Gasteiger charge is -2.32.